The van der Waals surface area contributed by atoms with Gasteiger partial charge in [-0.3, -0.25) is 9.59 Å². The molecule has 0 radical (unpaired) electrons. The second-order valence-electron chi connectivity index (χ2n) is 10.4. The zero-order chi connectivity index (χ0) is 20.0. The Morgan fingerprint density at radius 3 is 2.14 bits per heavy atom. The predicted molar refractivity (Wildman–Crippen MR) is 114 cm³/mol. The summed E-state index contributed by atoms with van der Waals surface area (Å²) < 4.78 is 0. The van der Waals surface area contributed by atoms with Crippen molar-refractivity contribution in [3.63, 3.8) is 0 Å². The second kappa shape index (κ2) is 7.45. The van der Waals surface area contributed by atoms with Crippen molar-refractivity contribution in [2.75, 3.05) is 26.2 Å². The van der Waals surface area contributed by atoms with Crippen molar-refractivity contribution < 1.29 is 9.59 Å². The van der Waals surface area contributed by atoms with Gasteiger partial charge in [0.05, 0.1) is 0 Å². The molecule has 1 aromatic carbocycles. The van der Waals surface area contributed by atoms with Crippen molar-refractivity contribution in [3.8, 4) is 0 Å². The summed E-state index contributed by atoms with van der Waals surface area (Å²) >= 11 is 0. The van der Waals surface area contributed by atoms with Gasteiger partial charge >= 0.3 is 0 Å². The van der Waals surface area contributed by atoms with E-state index in [0.717, 1.165) is 54.8 Å². The standard InChI is InChI=1S/C25H34N2O2/c1-18-5-2-3-6-22(18)24(29)27-8-4-7-26(9-10-27)23(28)17-25-14-19-11-20(15-25)13-21(12-19)16-25/h2-3,5-6,19-21H,4,7-17H2,1H3. The predicted octanol–water partition coefficient (Wildman–Crippen LogP) is 4.28. The zero-order valence-electron chi connectivity index (χ0n) is 17.7. The number of hydrogen-bond acceptors (Lipinski definition) is 2. The van der Waals surface area contributed by atoms with Gasteiger partial charge in [-0.05, 0) is 86.7 Å². The lowest BCUT2D eigenvalue weighted by Crippen LogP contribution is -2.48. The maximum Gasteiger partial charge on any atom is 0.254 e. The number of carbonyl (C=O) groups is 2. The van der Waals surface area contributed by atoms with E-state index in [-0.39, 0.29) is 5.91 Å². The largest absolute Gasteiger partial charge is 0.341 e. The van der Waals surface area contributed by atoms with Gasteiger partial charge in [-0.1, -0.05) is 18.2 Å². The summed E-state index contributed by atoms with van der Waals surface area (Å²) in [5.74, 6) is 3.12. The van der Waals surface area contributed by atoms with Crippen molar-refractivity contribution >= 4 is 11.8 Å². The number of aryl methyl sites for hydroxylation is 1. The Morgan fingerprint density at radius 1 is 0.897 bits per heavy atom. The van der Waals surface area contributed by atoms with E-state index in [0.29, 0.717) is 24.4 Å². The third-order valence-corrected chi connectivity index (χ3v) is 8.20. The van der Waals surface area contributed by atoms with Crippen LogP contribution in [0.25, 0.3) is 0 Å². The fourth-order valence-electron chi connectivity index (χ4n) is 7.29. The zero-order valence-corrected chi connectivity index (χ0v) is 17.7. The first-order valence-electron chi connectivity index (χ1n) is 11.6. The van der Waals surface area contributed by atoms with E-state index in [1.165, 1.54) is 38.5 Å². The lowest BCUT2D eigenvalue weighted by molar-refractivity contribution is -0.139. The summed E-state index contributed by atoms with van der Waals surface area (Å²) in [4.78, 5) is 30.2. The number of benzene rings is 1. The first-order chi connectivity index (χ1) is 14.0. The molecule has 1 saturated heterocycles. The normalized spacial score (nSPS) is 33.6. The van der Waals surface area contributed by atoms with Crippen LogP contribution < -0.4 is 0 Å². The van der Waals surface area contributed by atoms with E-state index in [9.17, 15) is 9.59 Å². The quantitative estimate of drug-likeness (QED) is 0.768. The number of carbonyl (C=O) groups excluding carboxylic acids is 2. The van der Waals surface area contributed by atoms with Crippen LogP contribution in [0.4, 0.5) is 0 Å². The number of rotatable bonds is 3. The van der Waals surface area contributed by atoms with E-state index in [1.807, 2.05) is 36.1 Å². The van der Waals surface area contributed by atoms with E-state index in [4.69, 9.17) is 0 Å². The van der Waals surface area contributed by atoms with Crippen LogP contribution in [0.1, 0.15) is 67.3 Å². The number of hydrogen-bond donors (Lipinski definition) is 0. The van der Waals surface area contributed by atoms with Gasteiger partial charge in [0.15, 0.2) is 0 Å². The van der Waals surface area contributed by atoms with E-state index < -0.39 is 0 Å². The molecule has 5 aliphatic rings. The van der Waals surface area contributed by atoms with Crippen LogP contribution in [0.2, 0.25) is 0 Å². The summed E-state index contributed by atoms with van der Waals surface area (Å²) in [7, 11) is 0. The van der Waals surface area contributed by atoms with Gasteiger partial charge in [-0.25, -0.2) is 0 Å². The molecule has 0 unspecified atom stereocenters. The number of nitrogens with zero attached hydrogens (tertiary/aromatic N) is 2. The maximum atomic E-state index is 13.3. The van der Waals surface area contributed by atoms with E-state index in [1.54, 1.807) is 0 Å². The summed E-state index contributed by atoms with van der Waals surface area (Å²) in [6, 6.07) is 7.81. The molecule has 5 fully saturated rings. The van der Waals surface area contributed by atoms with Crippen LogP contribution in [0.5, 0.6) is 0 Å². The molecule has 4 aliphatic carbocycles. The lowest BCUT2D eigenvalue weighted by Gasteiger charge is -2.57. The molecule has 6 rings (SSSR count). The molecular formula is C25H34N2O2. The van der Waals surface area contributed by atoms with Gasteiger partial charge in [0.2, 0.25) is 5.91 Å². The Labute approximate surface area is 174 Å². The van der Waals surface area contributed by atoms with Gasteiger partial charge in [0, 0.05) is 38.2 Å². The number of amides is 2. The van der Waals surface area contributed by atoms with Crippen molar-refractivity contribution in [1.29, 1.82) is 0 Å². The third-order valence-electron chi connectivity index (χ3n) is 8.20. The van der Waals surface area contributed by atoms with Gasteiger partial charge in [0.25, 0.3) is 5.91 Å². The SMILES string of the molecule is Cc1ccccc1C(=O)N1CCCN(C(=O)CC23CC4CC(CC(C4)C2)C3)CC1. The van der Waals surface area contributed by atoms with E-state index >= 15 is 0 Å². The van der Waals surface area contributed by atoms with Crippen LogP contribution in [-0.4, -0.2) is 47.8 Å². The van der Waals surface area contributed by atoms with Gasteiger partial charge in [-0.2, -0.15) is 0 Å². The fraction of sp³-hybridized carbons (Fsp3) is 0.680. The molecule has 0 aromatic heterocycles. The minimum absolute atomic E-state index is 0.110. The van der Waals surface area contributed by atoms with Crippen molar-refractivity contribution in [1.82, 2.24) is 9.80 Å². The molecule has 4 nitrogen and oxygen atoms in total. The Bertz CT molecular complexity index is 766. The third kappa shape index (κ3) is 3.71. The molecule has 2 amide bonds. The molecule has 156 valence electrons. The molecular weight excluding hydrogens is 360 g/mol. The molecule has 0 atom stereocenters. The topological polar surface area (TPSA) is 40.6 Å². The Balaban J connectivity index is 1.21. The molecule has 29 heavy (non-hydrogen) atoms. The van der Waals surface area contributed by atoms with Crippen molar-refractivity contribution in [2.45, 2.75) is 58.3 Å². The Kier molecular flexibility index (Phi) is 4.92. The molecule has 4 heteroatoms. The van der Waals surface area contributed by atoms with Crippen molar-refractivity contribution in [3.05, 3.63) is 35.4 Å². The molecule has 4 saturated carbocycles. The van der Waals surface area contributed by atoms with E-state index in [2.05, 4.69) is 4.90 Å². The van der Waals surface area contributed by atoms with Crippen molar-refractivity contribution in [2.24, 2.45) is 23.2 Å². The van der Waals surface area contributed by atoms with Gasteiger partial charge in [-0.15, -0.1) is 0 Å². The maximum absolute atomic E-state index is 13.3. The summed E-state index contributed by atoms with van der Waals surface area (Å²) in [5, 5.41) is 0. The minimum Gasteiger partial charge on any atom is -0.341 e. The summed E-state index contributed by atoms with van der Waals surface area (Å²) in [5.41, 5.74) is 2.12. The molecule has 0 N–H and O–H groups in total. The van der Waals surface area contributed by atoms with Crippen LogP contribution in [0, 0.1) is 30.1 Å². The first-order valence-corrected chi connectivity index (χ1v) is 11.6. The molecule has 4 bridgehead atoms. The highest BCUT2D eigenvalue weighted by molar-refractivity contribution is 5.95. The van der Waals surface area contributed by atoms with Gasteiger partial charge in [0.1, 0.15) is 0 Å². The Morgan fingerprint density at radius 2 is 1.48 bits per heavy atom. The highest BCUT2D eigenvalue weighted by Gasteiger charge is 2.51. The first kappa shape index (κ1) is 19.1. The summed E-state index contributed by atoms with van der Waals surface area (Å²) in [6.45, 7) is 4.87. The smallest absolute Gasteiger partial charge is 0.254 e. The summed E-state index contributed by atoms with van der Waals surface area (Å²) in [6.07, 6.45) is 9.77. The monoisotopic (exact) mass is 394 g/mol. The fourth-order valence-corrected chi connectivity index (χ4v) is 7.29. The van der Waals surface area contributed by atoms with Crippen LogP contribution in [-0.2, 0) is 4.79 Å². The minimum atomic E-state index is 0.110. The van der Waals surface area contributed by atoms with Crippen LogP contribution >= 0.6 is 0 Å². The molecule has 1 heterocycles. The van der Waals surface area contributed by atoms with Crippen LogP contribution in [0.3, 0.4) is 0 Å². The van der Waals surface area contributed by atoms with Gasteiger partial charge < -0.3 is 9.80 Å². The molecule has 1 aliphatic heterocycles. The molecule has 1 aromatic rings. The second-order valence-corrected chi connectivity index (χ2v) is 10.4. The highest BCUT2D eigenvalue weighted by Crippen LogP contribution is 2.61. The van der Waals surface area contributed by atoms with Crippen LogP contribution in [0.15, 0.2) is 24.3 Å². The highest BCUT2D eigenvalue weighted by atomic mass is 16.2. The molecule has 0 spiro atoms. The average molecular weight is 395 g/mol. The average Bonchev–Trinajstić information content (AvgIpc) is 2.93. The lowest BCUT2D eigenvalue weighted by atomic mass is 9.49. The Hall–Kier alpha value is -1.84.